The number of aliphatic imine (C=N–C) groups is 1. The molecule has 1 aromatic rings. The lowest BCUT2D eigenvalue weighted by molar-refractivity contribution is 0.329. The highest BCUT2D eigenvalue weighted by Gasteiger charge is 2.18. The van der Waals surface area contributed by atoms with E-state index in [1.807, 2.05) is 0 Å². The second-order valence-electron chi connectivity index (χ2n) is 6.35. The fourth-order valence-corrected chi connectivity index (χ4v) is 3.92. The van der Waals surface area contributed by atoms with Gasteiger partial charge in [0.05, 0.1) is 10.7 Å². The summed E-state index contributed by atoms with van der Waals surface area (Å²) in [6, 6.07) is 0.585. The van der Waals surface area contributed by atoms with Crippen LogP contribution in [0.4, 0.5) is 0 Å². The largest absolute Gasteiger partial charge is 0.357 e. The number of nitrogens with zero attached hydrogens (tertiary/aromatic N) is 2. The molecule has 0 radical (unpaired) electrons. The minimum Gasteiger partial charge on any atom is -0.357 e. The molecule has 1 aliphatic carbocycles. The second-order valence-corrected chi connectivity index (χ2v) is 7.64. The van der Waals surface area contributed by atoms with Crippen LogP contribution < -0.4 is 10.6 Å². The maximum Gasteiger partial charge on any atom is 0.191 e. The van der Waals surface area contributed by atoms with Gasteiger partial charge in [-0.15, -0.1) is 35.3 Å². The molecule has 23 heavy (non-hydrogen) atoms. The van der Waals surface area contributed by atoms with Crippen molar-refractivity contribution >= 4 is 41.3 Å². The number of hydrogen-bond acceptors (Lipinski definition) is 3. The molecular weight excluding hydrogens is 419 g/mol. The molecule has 2 N–H and O–H groups in total. The van der Waals surface area contributed by atoms with Gasteiger partial charge in [-0.25, -0.2) is 4.98 Å². The third-order valence-corrected chi connectivity index (χ3v) is 5.44. The number of rotatable bonds is 5. The van der Waals surface area contributed by atoms with Crippen molar-refractivity contribution in [2.45, 2.75) is 65.8 Å². The smallest absolute Gasteiger partial charge is 0.191 e. The molecule has 0 saturated heterocycles. The van der Waals surface area contributed by atoms with Gasteiger partial charge < -0.3 is 10.6 Å². The summed E-state index contributed by atoms with van der Waals surface area (Å²) in [4.78, 5) is 10.6. The lowest BCUT2D eigenvalue weighted by Gasteiger charge is -2.28. The molecule has 1 heterocycles. The van der Waals surface area contributed by atoms with E-state index < -0.39 is 0 Å². The van der Waals surface area contributed by atoms with Gasteiger partial charge in [-0.1, -0.05) is 6.92 Å². The van der Waals surface area contributed by atoms with Gasteiger partial charge in [0.1, 0.15) is 0 Å². The van der Waals surface area contributed by atoms with Crippen LogP contribution in [0, 0.1) is 19.8 Å². The first kappa shape index (κ1) is 20.7. The summed E-state index contributed by atoms with van der Waals surface area (Å²) in [6.07, 6.45) is 6.17. The van der Waals surface area contributed by atoms with E-state index in [2.05, 4.69) is 43.3 Å². The van der Waals surface area contributed by atoms with E-state index >= 15 is 0 Å². The molecule has 6 heteroatoms. The average Bonchev–Trinajstić information content (AvgIpc) is 2.80. The normalized spacial score (nSPS) is 21.7. The second kappa shape index (κ2) is 10.5. The Morgan fingerprint density at radius 3 is 2.52 bits per heavy atom. The third kappa shape index (κ3) is 6.95. The Morgan fingerprint density at radius 2 is 1.96 bits per heavy atom. The van der Waals surface area contributed by atoms with Crippen LogP contribution in [0.3, 0.4) is 0 Å². The molecule has 1 aromatic heterocycles. The molecule has 0 amide bonds. The summed E-state index contributed by atoms with van der Waals surface area (Å²) in [5, 5.41) is 8.13. The van der Waals surface area contributed by atoms with Crippen molar-refractivity contribution in [1.82, 2.24) is 15.6 Å². The third-order valence-electron chi connectivity index (χ3n) is 4.31. The molecule has 1 fully saturated rings. The maximum absolute atomic E-state index is 4.75. The quantitative estimate of drug-likeness (QED) is 0.404. The zero-order valence-electron chi connectivity index (χ0n) is 14.8. The molecule has 2 rings (SSSR count). The van der Waals surface area contributed by atoms with Crippen molar-refractivity contribution in [1.29, 1.82) is 0 Å². The molecule has 0 unspecified atom stereocenters. The van der Waals surface area contributed by atoms with Crippen molar-refractivity contribution in [2.24, 2.45) is 10.9 Å². The lowest BCUT2D eigenvalue weighted by Crippen LogP contribution is -2.44. The standard InChI is InChI=1S/C17H30N4S.HI/c1-5-18-17(21-15-8-6-12(2)7-9-15)19-11-10-16-13(3)20-14(4)22-16;/h12,15H,5-11H2,1-4H3,(H2,18,19,21);1H. The van der Waals surface area contributed by atoms with Gasteiger partial charge in [0, 0.05) is 30.4 Å². The van der Waals surface area contributed by atoms with Crippen LogP contribution in [0.5, 0.6) is 0 Å². The minimum absolute atomic E-state index is 0. The minimum atomic E-state index is 0. The number of aromatic nitrogens is 1. The topological polar surface area (TPSA) is 49.3 Å². The monoisotopic (exact) mass is 450 g/mol. The summed E-state index contributed by atoms with van der Waals surface area (Å²) < 4.78 is 0. The van der Waals surface area contributed by atoms with Gasteiger partial charge in [-0.2, -0.15) is 0 Å². The summed E-state index contributed by atoms with van der Waals surface area (Å²) in [6.45, 7) is 10.4. The van der Waals surface area contributed by atoms with E-state index in [0.717, 1.165) is 42.1 Å². The van der Waals surface area contributed by atoms with Gasteiger partial charge in [0.15, 0.2) is 5.96 Å². The molecular formula is C17H31IN4S. The Labute approximate surface area is 162 Å². The molecule has 4 nitrogen and oxygen atoms in total. The average molecular weight is 450 g/mol. The van der Waals surface area contributed by atoms with Crippen LogP contribution in [-0.2, 0) is 6.42 Å². The number of halogens is 1. The van der Waals surface area contributed by atoms with Crippen molar-refractivity contribution in [3.8, 4) is 0 Å². The molecule has 0 atom stereocenters. The van der Waals surface area contributed by atoms with Crippen LogP contribution in [0.2, 0.25) is 0 Å². The Bertz CT molecular complexity index is 493. The van der Waals surface area contributed by atoms with E-state index in [9.17, 15) is 0 Å². The van der Waals surface area contributed by atoms with E-state index in [1.54, 1.807) is 11.3 Å². The lowest BCUT2D eigenvalue weighted by atomic mass is 9.87. The molecule has 0 bridgehead atoms. The predicted octanol–water partition coefficient (Wildman–Crippen LogP) is 4.05. The Morgan fingerprint density at radius 1 is 1.26 bits per heavy atom. The first-order valence-corrected chi connectivity index (χ1v) is 9.38. The van der Waals surface area contributed by atoms with Crippen LogP contribution >= 0.6 is 35.3 Å². The van der Waals surface area contributed by atoms with Gasteiger partial charge in [0.25, 0.3) is 0 Å². The molecule has 0 spiro atoms. The molecule has 1 aliphatic rings. The highest BCUT2D eigenvalue weighted by molar-refractivity contribution is 14.0. The fraction of sp³-hybridized carbons (Fsp3) is 0.765. The van der Waals surface area contributed by atoms with Crippen molar-refractivity contribution < 1.29 is 0 Å². The van der Waals surface area contributed by atoms with E-state index in [-0.39, 0.29) is 24.0 Å². The number of nitrogens with one attached hydrogen (secondary N) is 2. The predicted molar refractivity (Wildman–Crippen MR) is 111 cm³/mol. The zero-order chi connectivity index (χ0) is 15.9. The Balaban J connectivity index is 0.00000264. The summed E-state index contributed by atoms with van der Waals surface area (Å²) in [5.74, 6) is 1.86. The Hall–Kier alpha value is -0.370. The fourth-order valence-electron chi connectivity index (χ4n) is 2.99. The Kier molecular flexibility index (Phi) is 9.43. The van der Waals surface area contributed by atoms with Crippen LogP contribution in [0.1, 0.15) is 55.1 Å². The van der Waals surface area contributed by atoms with Gasteiger partial charge in [0.2, 0.25) is 0 Å². The van der Waals surface area contributed by atoms with E-state index in [1.165, 1.54) is 30.6 Å². The number of aryl methyl sites for hydroxylation is 2. The van der Waals surface area contributed by atoms with Crippen LogP contribution in [-0.4, -0.2) is 30.1 Å². The zero-order valence-corrected chi connectivity index (χ0v) is 18.0. The SMILES string of the molecule is CCNC(=NCCc1sc(C)nc1C)NC1CCC(C)CC1.I. The number of guanidine groups is 1. The summed E-state index contributed by atoms with van der Waals surface area (Å²) in [5.41, 5.74) is 1.16. The van der Waals surface area contributed by atoms with E-state index in [4.69, 9.17) is 4.99 Å². The first-order valence-electron chi connectivity index (χ1n) is 8.56. The van der Waals surface area contributed by atoms with Gasteiger partial charge in [-0.3, -0.25) is 4.99 Å². The van der Waals surface area contributed by atoms with Crippen LogP contribution in [0.25, 0.3) is 0 Å². The molecule has 0 aliphatic heterocycles. The van der Waals surface area contributed by atoms with Crippen LogP contribution in [0.15, 0.2) is 4.99 Å². The maximum atomic E-state index is 4.75. The molecule has 132 valence electrons. The summed E-state index contributed by atoms with van der Waals surface area (Å²) >= 11 is 1.79. The van der Waals surface area contributed by atoms with Gasteiger partial charge >= 0.3 is 0 Å². The summed E-state index contributed by atoms with van der Waals surface area (Å²) in [7, 11) is 0. The van der Waals surface area contributed by atoms with Crippen molar-refractivity contribution in [2.75, 3.05) is 13.1 Å². The number of hydrogen-bond donors (Lipinski definition) is 2. The van der Waals surface area contributed by atoms with Crippen molar-refractivity contribution in [3.63, 3.8) is 0 Å². The highest BCUT2D eigenvalue weighted by Crippen LogP contribution is 2.23. The first-order chi connectivity index (χ1) is 10.6. The molecule has 0 aromatic carbocycles. The molecule has 1 saturated carbocycles. The van der Waals surface area contributed by atoms with Gasteiger partial charge in [-0.05, 0) is 52.4 Å². The number of thiazole rings is 1. The van der Waals surface area contributed by atoms with E-state index in [0.29, 0.717) is 6.04 Å². The van der Waals surface area contributed by atoms with Crippen molar-refractivity contribution in [3.05, 3.63) is 15.6 Å². The highest BCUT2D eigenvalue weighted by atomic mass is 127.